The fraction of sp³-hybridized carbons (Fsp3) is 0.267. The van der Waals surface area contributed by atoms with E-state index in [-0.39, 0.29) is 23.3 Å². The van der Waals surface area contributed by atoms with Crippen molar-refractivity contribution in [1.82, 2.24) is 9.71 Å². The normalized spacial score (nSPS) is 11.6. The van der Waals surface area contributed by atoms with E-state index in [0.29, 0.717) is 0 Å². The minimum Gasteiger partial charge on any atom is -0.488 e. The van der Waals surface area contributed by atoms with Crippen molar-refractivity contribution < 1.29 is 17.5 Å². The van der Waals surface area contributed by atoms with E-state index < -0.39 is 15.8 Å². The molecular weight excluding hydrogens is 307 g/mol. The van der Waals surface area contributed by atoms with Gasteiger partial charge in [0.25, 0.3) is 0 Å². The van der Waals surface area contributed by atoms with Gasteiger partial charge in [0, 0.05) is 18.9 Å². The summed E-state index contributed by atoms with van der Waals surface area (Å²) in [5.74, 6) is -0.677. The molecule has 22 heavy (non-hydrogen) atoms. The minimum absolute atomic E-state index is 0.0306. The van der Waals surface area contributed by atoms with Crippen LogP contribution in [0, 0.1) is 5.82 Å². The molecule has 2 rings (SSSR count). The van der Waals surface area contributed by atoms with Crippen LogP contribution in [-0.4, -0.2) is 19.5 Å². The third-order valence-electron chi connectivity index (χ3n) is 2.79. The van der Waals surface area contributed by atoms with Gasteiger partial charge in [-0.25, -0.2) is 17.5 Å². The van der Waals surface area contributed by atoms with Crippen molar-refractivity contribution in [2.45, 2.75) is 31.4 Å². The zero-order valence-electron chi connectivity index (χ0n) is 12.3. The number of sulfonamides is 1. The molecule has 0 bridgehead atoms. The number of nitrogens with one attached hydrogen (secondary N) is 1. The number of nitrogens with zero attached hydrogens (tertiary/aromatic N) is 1. The van der Waals surface area contributed by atoms with Gasteiger partial charge in [-0.1, -0.05) is 0 Å². The molecule has 0 unspecified atom stereocenters. The van der Waals surface area contributed by atoms with Gasteiger partial charge in [0.05, 0.1) is 11.0 Å². The van der Waals surface area contributed by atoms with E-state index in [4.69, 9.17) is 4.74 Å². The first kappa shape index (κ1) is 16.4. The lowest BCUT2D eigenvalue weighted by molar-refractivity contribution is 0.231. The third-order valence-corrected chi connectivity index (χ3v) is 4.19. The van der Waals surface area contributed by atoms with Gasteiger partial charge in [0.1, 0.15) is 0 Å². The molecule has 0 aliphatic heterocycles. The van der Waals surface area contributed by atoms with Gasteiger partial charge < -0.3 is 4.74 Å². The summed E-state index contributed by atoms with van der Waals surface area (Å²) in [7, 11) is -3.79. The smallest absolute Gasteiger partial charge is 0.240 e. The summed E-state index contributed by atoms with van der Waals surface area (Å²) in [5, 5.41) is 0. The number of ether oxygens (including phenoxy) is 1. The van der Waals surface area contributed by atoms with E-state index in [0.717, 1.165) is 11.6 Å². The molecule has 118 valence electrons. The molecule has 0 aliphatic rings. The van der Waals surface area contributed by atoms with Gasteiger partial charge in [-0.2, -0.15) is 0 Å². The zero-order chi connectivity index (χ0) is 16.2. The maximum atomic E-state index is 13.9. The molecule has 1 heterocycles. The van der Waals surface area contributed by atoms with Crippen LogP contribution in [0.15, 0.2) is 47.6 Å². The van der Waals surface area contributed by atoms with Gasteiger partial charge >= 0.3 is 0 Å². The molecule has 0 saturated heterocycles. The van der Waals surface area contributed by atoms with Crippen LogP contribution in [0.2, 0.25) is 0 Å². The van der Waals surface area contributed by atoms with Crippen molar-refractivity contribution in [2.24, 2.45) is 0 Å². The average Bonchev–Trinajstić information content (AvgIpc) is 2.48. The number of pyridine rings is 1. The van der Waals surface area contributed by atoms with E-state index in [9.17, 15) is 12.8 Å². The summed E-state index contributed by atoms with van der Waals surface area (Å²) in [6.07, 6.45) is 2.95. The van der Waals surface area contributed by atoms with Crippen molar-refractivity contribution in [3.05, 3.63) is 54.1 Å². The average molecular weight is 324 g/mol. The Hall–Kier alpha value is -1.99. The predicted octanol–water partition coefficient (Wildman–Crippen LogP) is 2.49. The van der Waals surface area contributed by atoms with E-state index in [1.165, 1.54) is 12.1 Å². The van der Waals surface area contributed by atoms with Gasteiger partial charge in [0.15, 0.2) is 11.6 Å². The van der Waals surface area contributed by atoms with Crippen molar-refractivity contribution in [3.63, 3.8) is 0 Å². The highest BCUT2D eigenvalue weighted by Crippen LogP contribution is 2.22. The van der Waals surface area contributed by atoms with E-state index in [1.807, 2.05) is 0 Å². The van der Waals surface area contributed by atoms with Crippen LogP contribution in [0.3, 0.4) is 0 Å². The Morgan fingerprint density at radius 1 is 1.23 bits per heavy atom. The summed E-state index contributed by atoms with van der Waals surface area (Å²) < 4.78 is 45.9. The molecule has 0 amide bonds. The monoisotopic (exact) mass is 324 g/mol. The molecule has 0 spiro atoms. The molecule has 1 N–H and O–H groups in total. The number of hydrogen-bond acceptors (Lipinski definition) is 4. The van der Waals surface area contributed by atoms with Gasteiger partial charge in [-0.15, -0.1) is 0 Å². The Morgan fingerprint density at radius 2 is 1.91 bits per heavy atom. The number of hydrogen-bond donors (Lipinski definition) is 1. The fourth-order valence-corrected chi connectivity index (χ4v) is 2.79. The first-order chi connectivity index (χ1) is 10.4. The standard InChI is InChI=1S/C15H17FN2O3S/c1-11(2)21-15-4-3-13(9-14(15)16)22(19,20)18-10-12-5-7-17-8-6-12/h3-9,11,18H,10H2,1-2H3. The highest BCUT2D eigenvalue weighted by atomic mass is 32.2. The number of rotatable bonds is 6. The van der Waals surface area contributed by atoms with E-state index in [2.05, 4.69) is 9.71 Å². The Morgan fingerprint density at radius 3 is 2.50 bits per heavy atom. The maximum Gasteiger partial charge on any atom is 0.240 e. The van der Waals surface area contributed by atoms with Gasteiger partial charge in [-0.3, -0.25) is 4.98 Å². The highest BCUT2D eigenvalue weighted by molar-refractivity contribution is 7.89. The van der Waals surface area contributed by atoms with Crippen molar-refractivity contribution in [3.8, 4) is 5.75 Å². The Bertz CT molecular complexity index is 734. The molecule has 1 aromatic heterocycles. The van der Waals surface area contributed by atoms with Crippen LogP contribution in [0.1, 0.15) is 19.4 Å². The first-order valence-corrected chi connectivity index (χ1v) is 8.21. The number of benzene rings is 1. The lowest BCUT2D eigenvalue weighted by atomic mass is 10.3. The molecule has 0 aliphatic carbocycles. The fourth-order valence-electron chi connectivity index (χ4n) is 1.76. The highest BCUT2D eigenvalue weighted by Gasteiger charge is 2.17. The first-order valence-electron chi connectivity index (χ1n) is 6.73. The van der Waals surface area contributed by atoms with Crippen LogP contribution in [0.4, 0.5) is 4.39 Å². The molecule has 0 radical (unpaired) electrons. The molecule has 0 fully saturated rings. The lowest BCUT2D eigenvalue weighted by Crippen LogP contribution is -2.23. The topological polar surface area (TPSA) is 68.3 Å². The lowest BCUT2D eigenvalue weighted by Gasteiger charge is -2.12. The zero-order valence-corrected chi connectivity index (χ0v) is 13.1. The number of aromatic nitrogens is 1. The third kappa shape index (κ3) is 4.25. The Balaban J connectivity index is 2.14. The second kappa shape index (κ2) is 6.85. The summed E-state index contributed by atoms with van der Waals surface area (Å²) in [4.78, 5) is 3.71. The summed E-state index contributed by atoms with van der Waals surface area (Å²) in [6.45, 7) is 3.64. The second-order valence-electron chi connectivity index (χ2n) is 4.94. The van der Waals surface area contributed by atoms with Crippen LogP contribution >= 0.6 is 0 Å². The van der Waals surface area contributed by atoms with Crippen LogP contribution in [0.25, 0.3) is 0 Å². The molecular formula is C15H17FN2O3S. The predicted molar refractivity (Wildman–Crippen MR) is 80.4 cm³/mol. The summed E-state index contributed by atoms with van der Waals surface area (Å²) in [5.41, 5.74) is 0.763. The molecule has 7 heteroatoms. The van der Waals surface area contributed by atoms with Gasteiger partial charge in [0.2, 0.25) is 10.0 Å². The van der Waals surface area contributed by atoms with Crippen LogP contribution in [-0.2, 0) is 16.6 Å². The molecule has 2 aromatic rings. The summed E-state index contributed by atoms with van der Waals surface area (Å²) in [6, 6.07) is 6.98. The Labute approximate surface area is 129 Å². The van der Waals surface area contributed by atoms with Crippen LogP contribution < -0.4 is 9.46 Å². The quantitative estimate of drug-likeness (QED) is 0.886. The number of halogens is 1. The van der Waals surface area contributed by atoms with E-state index >= 15 is 0 Å². The Kier molecular flexibility index (Phi) is 5.10. The van der Waals surface area contributed by atoms with Crippen LogP contribution in [0.5, 0.6) is 5.75 Å². The molecule has 5 nitrogen and oxygen atoms in total. The van der Waals surface area contributed by atoms with E-state index in [1.54, 1.807) is 38.4 Å². The van der Waals surface area contributed by atoms with Crippen molar-refractivity contribution >= 4 is 10.0 Å². The van der Waals surface area contributed by atoms with Crippen molar-refractivity contribution in [1.29, 1.82) is 0 Å². The summed E-state index contributed by atoms with van der Waals surface area (Å²) >= 11 is 0. The second-order valence-corrected chi connectivity index (χ2v) is 6.71. The largest absolute Gasteiger partial charge is 0.488 e. The van der Waals surface area contributed by atoms with Crippen molar-refractivity contribution in [2.75, 3.05) is 0 Å². The minimum atomic E-state index is -3.79. The molecule has 1 aromatic carbocycles. The molecule has 0 atom stereocenters. The maximum absolute atomic E-state index is 13.9. The SMILES string of the molecule is CC(C)Oc1ccc(S(=O)(=O)NCc2ccncc2)cc1F. The van der Waals surface area contributed by atoms with Gasteiger partial charge in [-0.05, 0) is 49.7 Å². The molecule has 0 saturated carbocycles.